The summed E-state index contributed by atoms with van der Waals surface area (Å²) in [5.74, 6) is -1.51. The van der Waals surface area contributed by atoms with Crippen molar-refractivity contribution in [1.29, 1.82) is 0 Å². The van der Waals surface area contributed by atoms with Crippen LogP contribution in [-0.2, 0) is 16.0 Å². The SMILES string of the molecule is CN(C(=O)Cc1ccccc1OC(F)F)C1(C(=O)O)CCCCC1. The number of likely N-dealkylation sites (N-methyl/N-ethyl adjacent to an activating group) is 1. The summed E-state index contributed by atoms with van der Waals surface area (Å²) in [5.41, 5.74) is -0.903. The molecule has 1 aromatic carbocycles. The number of carboxylic acid groups (broad SMARTS) is 1. The number of rotatable bonds is 6. The van der Waals surface area contributed by atoms with Gasteiger partial charge in [0, 0.05) is 12.6 Å². The average molecular weight is 341 g/mol. The maximum absolute atomic E-state index is 12.6. The van der Waals surface area contributed by atoms with E-state index in [4.69, 9.17) is 0 Å². The van der Waals surface area contributed by atoms with Gasteiger partial charge in [0.25, 0.3) is 0 Å². The fourth-order valence-corrected chi connectivity index (χ4v) is 3.21. The summed E-state index contributed by atoms with van der Waals surface area (Å²) in [5, 5.41) is 9.63. The smallest absolute Gasteiger partial charge is 0.387 e. The van der Waals surface area contributed by atoms with Crippen LogP contribution in [0.1, 0.15) is 37.7 Å². The minimum absolute atomic E-state index is 0.0673. The number of benzene rings is 1. The number of ether oxygens (including phenoxy) is 1. The van der Waals surface area contributed by atoms with E-state index >= 15 is 0 Å². The second kappa shape index (κ2) is 7.59. The van der Waals surface area contributed by atoms with E-state index in [1.807, 2.05) is 0 Å². The van der Waals surface area contributed by atoms with E-state index in [-0.39, 0.29) is 12.2 Å². The van der Waals surface area contributed by atoms with E-state index in [0.717, 1.165) is 19.3 Å². The lowest BCUT2D eigenvalue weighted by molar-refractivity contribution is -0.160. The number of alkyl halides is 2. The Morgan fingerprint density at radius 1 is 1.25 bits per heavy atom. The van der Waals surface area contributed by atoms with Crippen LogP contribution in [0.4, 0.5) is 8.78 Å². The monoisotopic (exact) mass is 341 g/mol. The Morgan fingerprint density at radius 3 is 2.46 bits per heavy atom. The highest BCUT2D eigenvalue weighted by molar-refractivity contribution is 5.88. The van der Waals surface area contributed by atoms with Gasteiger partial charge >= 0.3 is 12.6 Å². The second-order valence-electron chi connectivity index (χ2n) is 6.01. The normalized spacial score (nSPS) is 16.7. The summed E-state index contributed by atoms with van der Waals surface area (Å²) >= 11 is 0. The Hall–Kier alpha value is -2.18. The van der Waals surface area contributed by atoms with Crippen molar-refractivity contribution < 1.29 is 28.2 Å². The van der Waals surface area contributed by atoms with Crippen molar-refractivity contribution in [1.82, 2.24) is 4.90 Å². The maximum atomic E-state index is 12.6. The van der Waals surface area contributed by atoms with Crippen molar-refractivity contribution in [3.05, 3.63) is 29.8 Å². The largest absolute Gasteiger partial charge is 0.479 e. The number of halogens is 2. The highest BCUT2D eigenvalue weighted by Crippen LogP contribution is 2.34. The lowest BCUT2D eigenvalue weighted by Crippen LogP contribution is -2.56. The minimum atomic E-state index is -2.98. The van der Waals surface area contributed by atoms with E-state index in [1.54, 1.807) is 6.07 Å². The molecule has 0 spiro atoms. The molecule has 2 rings (SSSR count). The zero-order valence-electron chi connectivity index (χ0n) is 13.5. The predicted octanol–water partition coefficient (Wildman–Crippen LogP) is 3.08. The van der Waals surface area contributed by atoms with E-state index in [1.165, 1.54) is 30.1 Å². The Morgan fingerprint density at radius 2 is 1.88 bits per heavy atom. The summed E-state index contributed by atoms with van der Waals surface area (Å²) in [6.07, 6.45) is 3.06. The van der Waals surface area contributed by atoms with E-state index in [9.17, 15) is 23.5 Å². The molecule has 1 amide bonds. The molecule has 24 heavy (non-hydrogen) atoms. The van der Waals surface area contributed by atoms with Crippen LogP contribution >= 0.6 is 0 Å². The third-order valence-electron chi connectivity index (χ3n) is 4.63. The molecule has 7 heteroatoms. The van der Waals surface area contributed by atoms with Crippen LogP contribution in [-0.4, -0.2) is 41.1 Å². The molecule has 1 fully saturated rings. The highest BCUT2D eigenvalue weighted by atomic mass is 19.3. The van der Waals surface area contributed by atoms with Gasteiger partial charge in [0.15, 0.2) is 0 Å². The fourth-order valence-electron chi connectivity index (χ4n) is 3.21. The van der Waals surface area contributed by atoms with Crippen LogP contribution < -0.4 is 4.74 Å². The fraction of sp³-hybridized carbons (Fsp3) is 0.529. The van der Waals surface area contributed by atoms with Crippen LogP contribution in [0.3, 0.4) is 0 Å². The Kier molecular flexibility index (Phi) is 5.75. The molecule has 0 heterocycles. The number of para-hydroxylation sites is 1. The molecule has 5 nitrogen and oxygen atoms in total. The molecule has 132 valence electrons. The lowest BCUT2D eigenvalue weighted by Gasteiger charge is -2.41. The molecule has 1 saturated carbocycles. The Balaban J connectivity index is 2.18. The second-order valence-corrected chi connectivity index (χ2v) is 6.01. The maximum Gasteiger partial charge on any atom is 0.387 e. The van der Waals surface area contributed by atoms with Gasteiger partial charge in [0.1, 0.15) is 11.3 Å². The first kappa shape index (κ1) is 18.2. The highest BCUT2D eigenvalue weighted by Gasteiger charge is 2.45. The molecule has 1 aromatic rings. The molecule has 0 saturated heterocycles. The number of amides is 1. The predicted molar refractivity (Wildman–Crippen MR) is 83.0 cm³/mol. The third-order valence-corrected chi connectivity index (χ3v) is 4.63. The number of nitrogens with zero attached hydrogens (tertiary/aromatic N) is 1. The van der Waals surface area contributed by atoms with Crippen molar-refractivity contribution in [2.24, 2.45) is 0 Å². The zero-order chi connectivity index (χ0) is 17.7. The average Bonchev–Trinajstić information content (AvgIpc) is 2.56. The van der Waals surface area contributed by atoms with Gasteiger partial charge in [-0.05, 0) is 18.9 Å². The molecule has 1 aliphatic rings. The van der Waals surface area contributed by atoms with Gasteiger partial charge in [-0.25, -0.2) is 4.79 Å². The van der Waals surface area contributed by atoms with Crippen LogP contribution in [0.5, 0.6) is 5.75 Å². The number of carbonyl (C=O) groups excluding carboxylic acids is 1. The first-order valence-electron chi connectivity index (χ1n) is 7.89. The zero-order valence-corrected chi connectivity index (χ0v) is 13.5. The Bertz CT molecular complexity index is 600. The van der Waals surface area contributed by atoms with Gasteiger partial charge in [-0.15, -0.1) is 0 Å². The number of carbonyl (C=O) groups is 2. The number of hydrogen-bond donors (Lipinski definition) is 1. The molecular weight excluding hydrogens is 320 g/mol. The van der Waals surface area contributed by atoms with Crippen molar-refractivity contribution in [2.45, 2.75) is 50.7 Å². The van der Waals surface area contributed by atoms with Crippen molar-refractivity contribution in [3.8, 4) is 5.75 Å². The van der Waals surface area contributed by atoms with Gasteiger partial charge in [0.2, 0.25) is 5.91 Å². The molecule has 0 bridgehead atoms. The van der Waals surface area contributed by atoms with E-state index in [2.05, 4.69) is 4.74 Å². The first-order chi connectivity index (χ1) is 11.4. The lowest BCUT2D eigenvalue weighted by atomic mass is 9.80. The van der Waals surface area contributed by atoms with Crippen molar-refractivity contribution in [3.63, 3.8) is 0 Å². The molecular formula is C17H21F2NO4. The van der Waals surface area contributed by atoms with Crippen LogP contribution in [0.15, 0.2) is 24.3 Å². The number of aliphatic carboxylic acids is 1. The summed E-state index contributed by atoms with van der Waals surface area (Å²) in [6.45, 7) is -2.98. The molecule has 0 aliphatic heterocycles. The van der Waals surface area contributed by atoms with E-state index in [0.29, 0.717) is 18.4 Å². The molecule has 1 aliphatic carbocycles. The van der Waals surface area contributed by atoms with E-state index < -0.39 is 24.0 Å². The summed E-state index contributed by atoms with van der Waals surface area (Å²) in [7, 11) is 1.47. The summed E-state index contributed by atoms with van der Waals surface area (Å²) in [6, 6.07) is 6.05. The minimum Gasteiger partial charge on any atom is -0.479 e. The molecule has 1 N–H and O–H groups in total. The molecule has 0 radical (unpaired) electrons. The number of carboxylic acids is 1. The quantitative estimate of drug-likeness (QED) is 0.863. The molecule has 0 atom stereocenters. The van der Waals surface area contributed by atoms with Crippen molar-refractivity contribution >= 4 is 11.9 Å². The number of hydrogen-bond acceptors (Lipinski definition) is 3. The first-order valence-corrected chi connectivity index (χ1v) is 7.89. The summed E-state index contributed by atoms with van der Waals surface area (Å²) < 4.78 is 29.3. The van der Waals surface area contributed by atoms with Gasteiger partial charge in [-0.2, -0.15) is 8.78 Å². The van der Waals surface area contributed by atoms with Crippen molar-refractivity contribution in [2.75, 3.05) is 7.05 Å². The van der Waals surface area contributed by atoms with Gasteiger partial charge in [-0.1, -0.05) is 37.5 Å². The molecule has 0 aromatic heterocycles. The van der Waals surface area contributed by atoms with Crippen LogP contribution in [0.2, 0.25) is 0 Å². The standard InChI is InChI=1S/C17H21F2NO4/c1-20(17(15(22)23)9-5-2-6-10-17)14(21)11-12-7-3-4-8-13(12)24-16(18)19/h3-4,7-8,16H,2,5-6,9-11H2,1H3,(H,22,23). The Labute approximate surface area is 139 Å². The van der Waals surface area contributed by atoms with Gasteiger partial charge < -0.3 is 14.7 Å². The van der Waals surface area contributed by atoms with Gasteiger partial charge in [0.05, 0.1) is 6.42 Å². The third kappa shape index (κ3) is 3.83. The topological polar surface area (TPSA) is 66.8 Å². The van der Waals surface area contributed by atoms with Crippen LogP contribution in [0.25, 0.3) is 0 Å². The molecule has 0 unspecified atom stereocenters. The van der Waals surface area contributed by atoms with Crippen LogP contribution in [0, 0.1) is 0 Å². The summed E-state index contributed by atoms with van der Waals surface area (Å²) in [4.78, 5) is 25.6. The van der Waals surface area contributed by atoms with Gasteiger partial charge in [-0.3, -0.25) is 4.79 Å².